The monoisotopic (exact) mass is 346 g/mol. The Morgan fingerprint density at radius 3 is 2.80 bits per heavy atom. The van der Waals surface area contributed by atoms with Crippen LogP contribution in [0, 0.1) is 12.8 Å². The third-order valence-electron chi connectivity index (χ3n) is 5.73. The Morgan fingerprint density at radius 2 is 2.08 bits per heavy atom. The molecule has 0 bridgehead atoms. The molecule has 1 aliphatic heterocycles. The van der Waals surface area contributed by atoms with E-state index in [0.29, 0.717) is 5.92 Å². The van der Waals surface area contributed by atoms with Crippen LogP contribution in [0.3, 0.4) is 0 Å². The van der Waals surface area contributed by atoms with Crippen LogP contribution in [0.5, 0.6) is 0 Å². The van der Waals surface area contributed by atoms with Crippen LogP contribution >= 0.6 is 0 Å². The van der Waals surface area contributed by atoms with Gasteiger partial charge in [-0.15, -0.1) is 0 Å². The van der Waals surface area contributed by atoms with Crippen molar-refractivity contribution < 1.29 is 8.81 Å². The second-order valence-corrected chi connectivity index (χ2v) is 7.64. The molecule has 2 atom stereocenters. The van der Waals surface area contributed by atoms with Gasteiger partial charge in [-0.2, -0.15) is 5.10 Å². The van der Waals surface area contributed by atoms with Crippen molar-refractivity contribution in [1.82, 2.24) is 20.1 Å². The molecule has 4 rings (SSSR count). The van der Waals surface area contributed by atoms with Crippen LogP contribution < -0.4 is 0 Å². The Balaban J connectivity index is 1.44. The van der Waals surface area contributed by atoms with Gasteiger partial charge in [-0.3, -0.25) is 14.4 Å². The number of nitrogens with zero attached hydrogens (tertiary/aromatic N) is 3. The average Bonchev–Trinajstić information content (AvgIpc) is 3.35. The molecule has 1 saturated carbocycles. The maximum Gasteiger partial charge on any atom is 0.153 e. The molecule has 2 unspecified atom stereocenters. The summed E-state index contributed by atoms with van der Waals surface area (Å²) in [6.07, 6.45) is 6.21. The zero-order valence-electron chi connectivity index (χ0n) is 14.9. The molecule has 1 aliphatic carbocycles. The van der Waals surface area contributed by atoms with Crippen LogP contribution in [0.1, 0.15) is 67.1 Å². The lowest BCUT2D eigenvalue weighted by Crippen LogP contribution is -2.20. The summed E-state index contributed by atoms with van der Waals surface area (Å²) in [5, 5.41) is 7.59. The van der Waals surface area contributed by atoms with Gasteiger partial charge >= 0.3 is 0 Å². The summed E-state index contributed by atoms with van der Waals surface area (Å²) in [5.41, 5.74) is 0. The summed E-state index contributed by atoms with van der Waals surface area (Å²) in [4.78, 5) is 7.04. The first-order chi connectivity index (χ1) is 12.2. The van der Waals surface area contributed by atoms with Crippen LogP contribution in [0.4, 0.5) is 4.39 Å². The van der Waals surface area contributed by atoms with E-state index in [1.165, 1.54) is 32.1 Å². The highest BCUT2D eigenvalue weighted by atomic mass is 19.1. The van der Waals surface area contributed by atoms with Crippen molar-refractivity contribution in [3.05, 3.63) is 35.3 Å². The fourth-order valence-corrected chi connectivity index (χ4v) is 4.34. The summed E-state index contributed by atoms with van der Waals surface area (Å²) in [6.45, 7) is 3.89. The molecule has 2 aromatic rings. The highest BCUT2D eigenvalue weighted by Crippen LogP contribution is 2.35. The first kappa shape index (κ1) is 16.8. The number of H-pyrrole nitrogens is 1. The lowest BCUT2D eigenvalue weighted by Gasteiger charge is -2.18. The zero-order valence-corrected chi connectivity index (χ0v) is 14.9. The highest BCUT2D eigenvalue weighted by molar-refractivity contribution is 5.10. The third-order valence-corrected chi connectivity index (χ3v) is 5.73. The number of aromatic nitrogens is 3. The first-order valence-corrected chi connectivity index (χ1v) is 9.48. The Kier molecular flexibility index (Phi) is 4.88. The molecule has 2 aromatic heterocycles. The van der Waals surface area contributed by atoms with E-state index in [9.17, 15) is 4.39 Å². The van der Waals surface area contributed by atoms with Crippen molar-refractivity contribution in [2.45, 2.75) is 57.4 Å². The van der Waals surface area contributed by atoms with E-state index >= 15 is 0 Å². The molecule has 6 heteroatoms. The smallest absolute Gasteiger partial charge is 0.153 e. The summed E-state index contributed by atoms with van der Waals surface area (Å²) in [7, 11) is 0. The van der Waals surface area contributed by atoms with Gasteiger partial charge in [0.25, 0.3) is 0 Å². The van der Waals surface area contributed by atoms with Gasteiger partial charge in [-0.05, 0) is 31.9 Å². The van der Waals surface area contributed by atoms with Crippen molar-refractivity contribution in [3.8, 4) is 0 Å². The maximum absolute atomic E-state index is 13.6. The van der Waals surface area contributed by atoms with Gasteiger partial charge in [0.1, 0.15) is 17.3 Å². The number of aryl methyl sites for hydroxylation is 1. The largest absolute Gasteiger partial charge is 0.465 e. The van der Waals surface area contributed by atoms with Crippen molar-refractivity contribution in [2.24, 2.45) is 5.92 Å². The number of nitrogens with one attached hydrogen (secondary N) is 1. The van der Waals surface area contributed by atoms with E-state index < -0.39 is 0 Å². The second-order valence-electron chi connectivity index (χ2n) is 7.64. The molecule has 0 radical (unpaired) electrons. The van der Waals surface area contributed by atoms with Crippen LogP contribution in [-0.4, -0.2) is 39.8 Å². The molecule has 5 nitrogen and oxygen atoms in total. The van der Waals surface area contributed by atoms with Crippen molar-refractivity contribution in [2.75, 3.05) is 19.8 Å². The number of alkyl halides is 1. The van der Waals surface area contributed by atoms with E-state index in [0.717, 1.165) is 42.8 Å². The van der Waals surface area contributed by atoms with Crippen LogP contribution in [0.25, 0.3) is 0 Å². The van der Waals surface area contributed by atoms with Gasteiger partial charge in [0, 0.05) is 30.8 Å². The van der Waals surface area contributed by atoms with E-state index in [-0.39, 0.29) is 18.5 Å². The molecule has 3 heterocycles. The highest BCUT2D eigenvalue weighted by Gasteiger charge is 2.36. The number of halogens is 1. The molecule has 2 aliphatic rings. The maximum atomic E-state index is 13.6. The lowest BCUT2D eigenvalue weighted by molar-refractivity contribution is 0.272. The van der Waals surface area contributed by atoms with Crippen LogP contribution in [-0.2, 0) is 6.54 Å². The van der Waals surface area contributed by atoms with E-state index in [1.54, 1.807) is 0 Å². The second kappa shape index (κ2) is 7.28. The van der Waals surface area contributed by atoms with Gasteiger partial charge in [0.15, 0.2) is 5.82 Å². The number of likely N-dealkylation sites (tertiary alicyclic amines) is 1. The van der Waals surface area contributed by atoms with E-state index in [2.05, 4.69) is 15.1 Å². The topological polar surface area (TPSA) is 58.0 Å². The third kappa shape index (κ3) is 3.64. The number of rotatable bonds is 5. The van der Waals surface area contributed by atoms with Crippen LogP contribution in [0.2, 0.25) is 0 Å². The van der Waals surface area contributed by atoms with Gasteiger partial charge in [0.05, 0.1) is 13.2 Å². The molecule has 0 aromatic carbocycles. The molecular formula is C19H27FN4O. The minimum absolute atomic E-state index is 0.0248. The minimum Gasteiger partial charge on any atom is -0.465 e. The molecule has 0 spiro atoms. The molecule has 0 amide bonds. The Labute approximate surface area is 148 Å². The molecular weight excluding hydrogens is 319 g/mol. The molecule has 1 saturated heterocycles. The summed E-state index contributed by atoms with van der Waals surface area (Å²) in [6, 6.07) is 3.98. The van der Waals surface area contributed by atoms with Gasteiger partial charge < -0.3 is 4.42 Å². The zero-order chi connectivity index (χ0) is 17.2. The summed E-state index contributed by atoms with van der Waals surface area (Å²) in [5.74, 6) is 4.20. The van der Waals surface area contributed by atoms with Crippen LogP contribution in [0.15, 0.2) is 16.5 Å². The minimum atomic E-state index is -0.322. The fourth-order valence-electron chi connectivity index (χ4n) is 4.34. The SMILES string of the molecule is Cc1ccc(CN2CC(CF)C(c3nc(C4CCCCC4)n[nH]3)C2)o1. The predicted octanol–water partition coefficient (Wildman–Crippen LogP) is 3.94. The fraction of sp³-hybridized carbons (Fsp3) is 0.684. The van der Waals surface area contributed by atoms with E-state index in [1.807, 2.05) is 19.1 Å². The van der Waals surface area contributed by atoms with Crippen molar-refractivity contribution in [3.63, 3.8) is 0 Å². The molecule has 1 N–H and O–H groups in total. The Hall–Kier alpha value is -1.69. The Bertz CT molecular complexity index is 691. The summed E-state index contributed by atoms with van der Waals surface area (Å²) < 4.78 is 19.3. The standard InChI is InChI=1S/C19H27FN4O/c1-13-7-8-16(25-13)11-24-10-15(9-20)17(12-24)19-21-18(22-23-19)14-5-3-2-4-6-14/h7-8,14-15,17H,2-6,9-12H2,1H3,(H,21,22,23). The van der Waals surface area contributed by atoms with Gasteiger partial charge in [0.2, 0.25) is 0 Å². The quantitative estimate of drug-likeness (QED) is 0.891. The molecule has 136 valence electrons. The van der Waals surface area contributed by atoms with Gasteiger partial charge in [-0.25, -0.2) is 4.98 Å². The van der Waals surface area contributed by atoms with Crippen molar-refractivity contribution >= 4 is 0 Å². The molecule has 25 heavy (non-hydrogen) atoms. The summed E-state index contributed by atoms with van der Waals surface area (Å²) >= 11 is 0. The number of furan rings is 1. The van der Waals surface area contributed by atoms with Gasteiger partial charge in [-0.1, -0.05) is 19.3 Å². The number of aromatic amines is 1. The van der Waals surface area contributed by atoms with Crippen molar-refractivity contribution in [1.29, 1.82) is 0 Å². The number of hydrogen-bond acceptors (Lipinski definition) is 4. The average molecular weight is 346 g/mol. The number of hydrogen-bond donors (Lipinski definition) is 1. The molecule has 2 fully saturated rings. The normalized spacial score (nSPS) is 25.7. The predicted molar refractivity (Wildman–Crippen MR) is 93.1 cm³/mol. The lowest BCUT2D eigenvalue weighted by atomic mass is 9.89. The van der Waals surface area contributed by atoms with E-state index in [4.69, 9.17) is 9.40 Å². The first-order valence-electron chi connectivity index (χ1n) is 9.48. The Morgan fingerprint density at radius 1 is 1.24 bits per heavy atom.